The van der Waals surface area contributed by atoms with Gasteiger partial charge in [-0.3, -0.25) is 0 Å². The first kappa shape index (κ1) is 33.8. The van der Waals surface area contributed by atoms with Crippen molar-refractivity contribution in [2.75, 3.05) is 4.90 Å². The molecular weight excluding hydrogens is 739 g/mol. The number of fused-ring (bicyclic) bond motifs is 7. The maximum Gasteiger partial charge on any atom is 0.0568 e. The fourth-order valence-corrected chi connectivity index (χ4v) is 10.3. The molecule has 10 aromatic carbocycles. The van der Waals surface area contributed by atoms with E-state index in [1.54, 1.807) is 0 Å². The van der Waals surface area contributed by atoms with E-state index >= 15 is 0 Å². The van der Waals surface area contributed by atoms with Crippen LogP contribution >= 0.6 is 0 Å². The highest BCUT2D eigenvalue weighted by molar-refractivity contribution is 6.36. The molecule has 0 unspecified atom stereocenters. The van der Waals surface area contributed by atoms with E-state index in [9.17, 15) is 0 Å². The average molecular weight is 776 g/mol. The molecule has 1 aliphatic rings. The molecule has 12 aromatic rings. The highest BCUT2D eigenvalue weighted by Gasteiger charge is 2.29. The van der Waals surface area contributed by atoms with Gasteiger partial charge in [-0.25, -0.2) is 0 Å². The molecule has 61 heavy (non-hydrogen) atoms. The zero-order chi connectivity index (χ0) is 40.0. The van der Waals surface area contributed by atoms with Gasteiger partial charge in [0.25, 0.3) is 0 Å². The molecule has 0 fully saturated rings. The second-order valence-corrected chi connectivity index (χ2v) is 16.1. The van der Waals surface area contributed by atoms with E-state index in [1.165, 1.54) is 87.8 Å². The monoisotopic (exact) mass is 775 g/mol. The molecule has 0 aliphatic heterocycles. The lowest BCUT2D eigenvalue weighted by Crippen LogP contribution is -2.09. The molecule has 0 bridgehead atoms. The molecule has 3 heteroatoms. The van der Waals surface area contributed by atoms with Crippen molar-refractivity contribution in [2.45, 2.75) is 0 Å². The van der Waals surface area contributed by atoms with E-state index in [0.29, 0.717) is 0 Å². The zero-order valence-corrected chi connectivity index (χ0v) is 33.2. The molecule has 1 aliphatic carbocycles. The summed E-state index contributed by atoms with van der Waals surface area (Å²) in [6, 6.07) is 82.0. The summed E-state index contributed by atoms with van der Waals surface area (Å²) in [6.45, 7) is 0. The van der Waals surface area contributed by atoms with Crippen LogP contribution in [-0.4, -0.2) is 9.13 Å². The summed E-state index contributed by atoms with van der Waals surface area (Å²) in [7, 11) is 0. The second kappa shape index (κ2) is 13.2. The van der Waals surface area contributed by atoms with Crippen LogP contribution in [0.2, 0.25) is 0 Å². The Kier molecular flexibility index (Phi) is 7.31. The van der Waals surface area contributed by atoms with E-state index in [-0.39, 0.29) is 0 Å². The number of rotatable bonds is 6. The van der Waals surface area contributed by atoms with Crippen LogP contribution in [0.4, 0.5) is 17.1 Å². The Morgan fingerprint density at radius 3 is 1.56 bits per heavy atom. The van der Waals surface area contributed by atoms with Crippen molar-refractivity contribution >= 4 is 71.4 Å². The number of para-hydroxylation sites is 4. The van der Waals surface area contributed by atoms with Crippen LogP contribution in [0.25, 0.3) is 99.1 Å². The van der Waals surface area contributed by atoms with Gasteiger partial charge in [-0.1, -0.05) is 146 Å². The van der Waals surface area contributed by atoms with Crippen molar-refractivity contribution in [1.29, 1.82) is 0 Å². The maximum absolute atomic E-state index is 2.51. The largest absolute Gasteiger partial charge is 0.311 e. The first-order valence-corrected chi connectivity index (χ1v) is 21.0. The first-order valence-electron chi connectivity index (χ1n) is 21.0. The third-order valence-corrected chi connectivity index (χ3v) is 12.8. The van der Waals surface area contributed by atoms with E-state index in [0.717, 1.165) is 28.4 Å². The van der Waals surface area contributed by atoms with Crippen molar-refractivity contribution in [3.8, 4) is 44.8 Å². The second-order valence-electron chi connectivity index (χ2n) is 16.1. The van der Waals surface area contributed by atoms with Gasteiger partial charge in [0, 0.05) is 55.5 Å². The molecule has 0 radical (unpaired) electrons. The Balaban J connectivity index is 1.04. The van der Waals surface area contributed by atoms with E-state index < -0.39 is 0 Å². The Morgan fingerprint density at radius 2 is 0.836 bits per heavy atom. The Hall–Kier alpha value is -8.14. The van der Waals surface area contributed by atoms with Crippen LogP contribution in [0.3, 0.4) is 0 Å². The van der Waals surface area contributed by atoms with Crippen molar-refractivity contribution in [3.05, 3.63) is 224 Å². The third-order valence-electron chi connectivity index (χ3n) is 12.8. The van der Waals surface area contributed by atoms with Crippen LogP contribution < -0.4 is 4.90 Å². The van der Waals surface area contributed by atoms with E-state index in [2.05, 4.69) is 238 Å². The lowest BCUT2D eigenvalue weighted by Gasteiger charge is -2.25. The summed E-state index contributed by atoms with van der Waals surface area (Å²) in [6.07, 6.45) is 0. The van der Waals surface area contributed by atoms with Gasteiger partial charge in [0.05, 0.1) is 22.1 Å². The van der Waals surface area contributed by atoms with Crippen molar-refractivity contribution in [1.82, 2.24) is 9.13 Å². The smallest absolute Gasteiger partial charge is 0.0568 e. The van der Waals surface area contributed by atoms with Crippen LogP contribution in [0, 0.1) is 0 Å². The molecule has 0 amide bonds. The standard InChI is InChI=1S/C58H37N3/c1-4-16-41(17-5-1)59(42-18-6-2-7-19-42)44-32-27-38(28-33-44)39-29-34-45(35-30-39)61-51-36-31-40-15-14-25-47-46-22-10-11-23-48(46)56-55-49-24-12-13-26-50(49)60(43-20-8-3-9-21-43)52(55)37-53(61)58(56)57(51)54(40)47/h1-37H. The molecule has 2 aromatic heterocycles. The van der Waals surface area contributed by atoms with Gasteiger partial charge in [0.2, 0.25) is 0 Å². The van der Waals surface area contributed by atoms with Crippen LogP contribution in [0.15, 0.2) is 224 Å². The van der Waals surface area contributed by atoms with Gasteiger partial charge in [0.1, 0.15) is 0 Å². The van der Waals surface area contributed by atoms with Crippen molar-refractivity contribution < 1.29 is 0 Å². The highest BCUT2D eigenvalue weighted by atomic mass is 15.1. The quantitative estimate of drug-likeness (QED) is 0.164. The third kappa shape index (κ3) is 4.98. The van der Waals surface area contributed by atoms with Crippen LogP contribution in [0.1, 0.15) is 0 Å². The Morgan fingerprint density at radius 1 is 0.295 bits per heavy atom. The van der Waals surface area contributed by atoms with Crippen molar-refractivity contribution in [3.63, 3.8) is 0 Å². The molecule has 0 saturated carbocycles. The summed E-state index contributed by atoms with van der Waals surface area (Å²) in [5.41, 5.74) is 18.0. The number of hydrogen-bond acceptors (Lipinski definition) is 1. The Labute approximate surface area is 353 Å². The summed E-state index contributed by atoms with van der Waals surface area (Å²) in [4.78, 5) is 2.31. The minimum atomic E-state index is 1.12. The topological polar surface area (TPSA) is 13.1 Å². The molecule has 0 atom stereocenters. The number of anilines is 3. The lowest BCUT2D eigenvalue weighted by atomic mass is 9.91. The molecule has 3 nitrogen and oxygen atoms in total. The van der Waals surface area contributed by atoms with Gasteiger partial charge < -0.3 is 14.0 Å². The molecule has 0 saturated heterocycles. The Bertz CT molecular complexity index is 3620. The minimum absolute atomic E-state index is 1.12. The summed E-state index contributed by atoms with van der Waals surface area (Å²) < 4.78 is 4.97. The average Bonchev–Trinajstić information content (AvgIpc) is 3.80. The predicted molar refractivity (Wildman–Crippen MR) is 257 cm³/mol. The van der Waals surface area contributed by atoms with Gasteiger partial charge in [0.15, 0.2) is 0 Å². The van der Waals surface area contributed by atoms with Gasteiger partial charge in [-0.05, 0) is 117 Å². The van der Waals surface area contributed by atoms with Gasteiger partial charge >= 0.3 is 0 Å². The fraction of sp³-hybridized carbons (Fsp3) is 0. The molecule has 2 heterocycles. The normalized spacial score (nSPS) is 11.9. The predicted octanol–water partition coefficient (Wildman–Crippen LogP) is 15.8. The molecule has 13 rings (SSSR count). The molecule has 284 valence electrons. The van der Waals surface area contributed by atoms with Gasteiger partial charge in [-0.15, -0.1) is 0 Å². The molecule has 0 spiro atoms. The number of benzene rings is 10. The number of nitrogens with zero attached hydrogens (tertiary/aromatic N) is 3. The zero-order valence-electron chi connectivity index (χ0n) is 33.2. The first-order chi connectivity index (χ1) is 30.3. The van der Waals surface area contributed by atoms with E-state index in [1.807, 2.05) is 0 Å². The molecular formula is C58H37N3. The maximum atomic E-state index is 2.51. The lowest BCUT2D eigenvalue weighted by molar-refractivity contribution is 1.16. The SMILES string of the molecule is c1ccc(N(c2ccccc2)c2ccc(-c3ccc(-n4c5cc6c(c7c5c5c8c(cccc8ccc54)-c4ccccc4-7)c4ccccc4n6-c4ccccc4)cc3)cc2)cc1. The van der Waals surface area contributed by atoms with Crippen molar-refractivity contribution in [2.24, 2.45) is 0 Å². The number of aromatic nitrogens is 2. The van der Waals surface area contributed by atoms with E-state index in [4.69, 9.17) is 0 Å². The van der Waals surface area contributed by atoms with Gasteiger partial charge in [-0.2, -0.15) is 0 Å². The summed E-state index contributed by atoms with van der Waals surface area (Å²) in [5, 5.41) is 7.75. The number of hydrogen-bond donors (Lipinski definition) is 0. The highest BCUT2D eigenvalue weighted by Crippen LogP contribution is 2.53. The summed E-state index contributed by atoms with van der Waals surface area (Å²) >= 11 is 0. The van der Waals surface area contributed by atoms with Crippen LogP contribution in [-0.2, 0) is 0 Å². The summed E-state index contributed by atoms with van der Waals surface area (Å²) in [5.74, 6) is 0. The fourth-order valence-electron chi connectivity index (χ4n) is 10.3. The van der Waals surface area contributed by atoms with Crippen LogP contribution in [0.5, 0.6) is 0 Å². The minimum Gasteiger partial charge on any atom is -0.311 e. The molecule has 0 N–H and O–H groups in total.